The molecule has 110 valence electrons. The Bertz CT molecular complexity index is 669. The van der Waals surface area contributed by atoms with Crippen LogP contribution < -0.4 is 5.73 Å². The first kappa shape index (κ1) is 15.9. The first-order chi connectivity index (χ1) is 9.77. The Balaban J connectivity index is 2.38. The molecule has 0 heterocycles. The summed E-state index contributed by atoms with van der Waals surface area (Å²) in [5.41, 5.74) is 4.01. The molecule has 0 fully saturated rings. The van der Waals surface area contributed by atoms with Crippen molar-refractivity contribution in [2.24, 2.45) is 5.73 Å². The van der Waals surface area contributed by atoms with Gasteiger partial charge in [0.2, 0.25) is 0 Å². The van der Waals surface area contributed by atoms with Crippen molar-refractivity contribution in [3.8, 4) is 0 Å². The van der Waals surface area contributed by atoms with Crippen molar-refractivity contribution >= 4 is 33.5 Å². The highest BCUT2D eigenvalue weighted by atomic mass is 79.9. The Morgan fingerprint density at radius 1 is 1.05 bits per heavy atom. The SMILES string of the molecule is N=C(N)c1ccc(Sc2ccc(Br)cc2)cc1C(F)(F)F. The number of benzene rings is 2. The summed E-state index contributed by atoms with van der Waals surface area (Å²) in [6, 6.07) is 11.0. The summed E-state index contributed by atoms with van der Waals surface area (Å²) in [6.07, 6.45) is -4.54. The molecule has 21 heavy (non-hydrogen) atoms. The smallest absolute Gasteiger partial charge is 0.384 e. The number of nitrogen functional groups attached to an aromatic ring is 1. The highest BCUT2D eigenvalue weighted by Crippen LogP contribution is 2.36. The fraction of sp³-hybridized carbons (Fsp3) is 0.0714. The molecule has 2 aromatic carbocycles. The van der Waals surface area contributed by atoms with Crippen molar-refractivity contribution in [1.82, 2.24) is 0 Å². The molecular formula is C14H10BrF3N2S. The molecule has 7 heteroatoms. The van der Waals surface area contributed by atoms with Crippen LogP contribution in [0, 0.1) is 5.41 Å². The quantitative estimate of drug-likeness (QED) is 0.592. The third-order valence-corrected chi connectivity index (χ3v) is 4.16. The molecule has 0 spiro atoms. The summed E-state index contributed by atoms with van der Waals surface area (Å²) in [5.74, 6) is -0.595. The van der Waals surface area contributed by atoms with Crippen LogP contribution in [0.15, 0.2) is 56.7 Å². The molecule has 0 aliphatic rings. The van der Waals surface area contributed by atoms with E-state index in [1.165, 1.54) is 23.9 Å². The fourth-order valence-electron chi connectivity index (χ4n) is 1.69. The van der Waals surface area contributed by atoms with Crippen LogP contribution in [0.1, 0.15) is 11.1 Å². The summed E-state index contributed by atoms with van der Waals surface area (Å²) in [5, 5.41) is 7.24. The molecule has 0 bridgehead atoms. The lowest BCUT2D eigenvalue weighted by molar-refractivity contribution is -0.137. The molecule has 0 aliphatic carbocycles. The Morgan fingerprint density at radius 3 is 2.14 bits per heavy atom. The van der Waals surface area contributed by atoms with E-state index in [0.29, 0.717) is 4.90 Å². The third-order valence-electron chi connectivity index (χ3n) is 2.64. The van der Waals surface area contributed by atoms with E-state index >= 15 is 0 Å². The number of nitrogens with one attached hydrogen (secondary N) is 1. The number of alkyl halides is 3. The van der Waals surface area contributed by atoms with Crippen molar-refractivity contribution < 1.29 is 13.2 Å². The second-order valence-electron chi connectivity index (χ2n) is 4.17. The van der Waals surface area contributed by atoms with Gasteiger partial charge in [-0.3, -0.25) is 5.41 Å². The standard InChI is InChI=1S/C14H10BrF3N2S/c15-8-1-3-9(4-2-8)21-10-5-6-11(13(19)20)12(7-10)14(16,17)18/h1-7H,(H3,19,20). The Kier molecular flexibility index (Phi) is 4.63. The van der Waals surface area contributed by atoms with Gasteiger partial charge in [-0.25, -0.2) is 0 Å². The fourth-order valence-corrected chi connectivity index (χ4v) is 2.82. The van der Waals surface area contributed by atoms with Gasteiger partial charge in [0.05, 0.1) is 5.56 Å². The van der Waals surface area contributed by atoms with Gasteiger partial charge in [-0.1, -0.05) is 27.7 Å². The monoisotopic (exact) mass is 374 g/mol. The van der Waals surface area contributed by atoms with Gasteiger partial charge in [-0.2, -0.15) is 13.2 Å². The van der Waals surface area contributed by atoms with Crippen molar-refractivity contribution in [2.45, 2.75) is 16.0 Å². The maximum Gasteiger partial charge on any atom is 0.417 e. The van der Waals surface area contributed by atoms with Crippen molar-refractivity contribution in [2.75, 3.05) is 0 Å². The minimum Gasteiger partial charge on any atom is -0.384 e. The minimum absolute atomic E-state index is 0.303. The van der Waals surface area contributed by atoms with E-state index in [1.54, 1.807) is 12.1 Å². The zero-order chi connectivity index (χ0) is 15.6. The predicted molar refractivity (Wildman–Crippen MR) is 80.7 cm³/mol. The largest absolute Gasteiger partial charge is 0.417 e. The number of hydrogen-bond acceptors (Lipinski definition) is 2. The summed E-state index contributed by atoms with van der Waals surface area (Å²) in [7, 11) is 0. The van der Waals surface area contributed by atoms with Crippen LogP contribution in [-0.2, 0) is 6.18 Å². The Labute approximate surface area is 132 Å². The lowest BCUT2D eigenvalue weighted by Gasteiger charge is -2.13. The van der Waals surface area contributed by atoms with E-state index < -0.39 is 17.6 Å². The number of nitrogens with two attached hydrogens (primary N) is 1. The number of rotatable bonds is 3. The zero-order valence-electron chi connectivity index (χ0n) is 10.5. The summed E-state index contributed by atoms with van der Waals surface area (Å²) >= 11 is 4.51. The summed E-state index contributed by atoms with van der Waals surface area (Å²) in [4.78, 5) is 1.26. The van der Waals surface area contributed by atoms with Gasteiger partial charge in [0.1, 0.15) is 5.84 Å². The first-order valence-electron chi connectivity index (χ1n) is 5.76. The molecular weight excluding hydrogens is 365 g/mol. The van der Waals surface area contributed by atoms with Gasteiger partial charge in [0.25, 0.3) is 0 Å². The van der Waals surface area contributed by atoms with E-state index in [9.17, 15) is 13.2 Å². The average molecular weight is 375 g/mol. The van der Waals surface area contributed by atoms with Gasteiger partial charge in [-0.15, -0.1) is 0 Å². The molecule has 0 aromatic heterocycles. The van der Waals surface area contributed by atoms with Crippen LogP contribution >= 0.6 is 27.7 Å². The third kappa shape index (κ3) is 4.01. The molecule has 0 unspecified atom stereocenters. The summed E-state index contributed by atoms with van der Waals surface area (Å²) in [6.45, 7) is 0. The highest BCUT2D eigenvalue weighted by molar-refractivity contribution is 9.10. The number of hydrogen-bond donors (Lipinski definition) is 2. The molecule has 0 aliphatic heterocycles. The van der Waals surface area contributed by atoms with E-state index in [1.807, 2.05) is 12.1 Å². The van der Waals surface area contributed by atoms with Crippen LogP contribution in [0.25, 0.3) is 0 Å². The van der Waals surface area contributed by atoms with Crippen molar-refractivity contribution in [3.63, 3.8) is 0 Å². The second kappa shape index (κ2) is 6.11. The molecule has 0 saturated heterocycles. The topological polar surface area (TPSA) is 49.9 Å². The molecule has 0 radical (unpaired) electrons. The van der Waals surface area contributed by atoms with E-state index in [0.717, 1.165) is 15.4 Å². The molecule has 0 saturated carbocycles. The number of halogens is 4. The molecule has 2 aromatic rings. The van der Waals surface area contributed by atoms with Gasteiger partial charge in [-0.05, 0) is 42.5 Å². The Hall–Kier alpha value is -1.47. The lowest BCUT2D eigenvalue weighted by Crippen LogP contribution is -2.18. The average Bonchev–Trinajstić information content (AvgIpc) is 2.40. The van der Waals surface area contributed by atoms with Crippen LogP contribution in [-0.4, -0.2) is 5.84 Å². The van der Waals surface area contributed by atoms with Gasteiger partial charge < -0.3 is 5.73 Å². The maximum atomic E-state index is 13.0. The summed E-state index contributed by atoms with van der Waals surface area (Å²) < 4.78 is 39.9. The van der Waals surface area contributed by atoms with Gasteiger partial charge >= 0.3 is 6.18 Å². The van der Waals surface area contributed by atoms with Gasteiger partial charge in [0, 0.05) is 19.8 Å². The van der Waals surface area contributed by atoms with E-state index in [-0.39, 0.29) is 5.56 Å². The van der Waals surface area contributed by atoms with E-state index in [4.69, 9.17) is 11.1 Å². The number of amidine groups is 1. The molecule has 0 atom stereocenters. The normalized spacial score (nSPS) is 11.4. The van der Waals surface area contributed by atoms with Crippen LogP contribution in [0.3, 0.4) is 0 Å². The maximum absolute atomic E-state index is 13.0. The first-order valence-corrected chi connectivity index (χ1v) is 7.37. The Morgan fingerprint density at radius 2 is 1.62 bits per heavy atom. The predicted octanol–water partition coefficient (Wildman–Crippen LogP) is 4.90. The van der Waals surface area contributed by atoms with Crippen molar-refractivity contribution in [1.29, 1.82) is 5.41 Å². The minimum atomic E-state index is -4.54. The van der Waals surface area contributed by atoms with Crippen LogP contribution in [0.4, 0.5) is 13.2 Å². The van der Waals surface area contributed by atoms with Gasteiger partial charge in [0.15, 0.2) is 0 Å². The lowest BCUT2D eigenvalue weighted by atomic mass is 10.1. The second-order valence-corrected chi connectivity index (χ2v) is 6.24. The van der Waals surface area contributed by atoms with E-state index in [2.05, 4.69) is 15.9 Å². The molecule has 2 nitrogen and oxygen atoms in total. The van der Waals surface area contributed by atoms with Crippen molar-refractivity contribution in [3.05, 3.63) is 58.1 Å². The zero-order valence-corrected chi connectivity index (χ0v) is 12.9. The van der Waals surface area contributed by atoms with Crippen LogP contribution in [0.2, 0.25) is 0 Å². The molecule has 0 amide bonds. The molecule has 2 rings (SSSR count). The highest BCUT2D eigenvalue weighted by Gasteiger charge is 2.34. The molecule has 3 N–H and O–H groups in total. The van der Waals surface area contributed by atoms with Crippen LogP contribution in [0.5, 0.6) is 0 Å².